The Morgan fingerprint density at radius 1 is 0.906 bits per heavy atom. The highest BCUT2D eigenvalue weighted by atomic mass is 127. The number of carbonyl (C=O) groups excluding carboxylic acids is 1. The Bertz CT molecular complexity index is 820. The van der Waals surface area contributed by atoms with Crippen molar-refractivity contribution >= 4 is 28.9 Å². The predicted molar refractivity (Wildman–Crippen MR) is 140 cm³/mol. The predicted octanol–water partition coefficient (Wildman–Crippen LogP) is 7.37. The minimum Gasteiger partial charge on any atom is -0.392 e. The van der Waals surface area contributed by atoms with Gasteiger partial charge >= 0.3 is 0 Å². The Balaban J connectivity index is 1.56. The second-order valence-electron chi connectivity index (χ2n) is 13.7. The molecular weight excluding hydrogens is 507 g/mol. The lowest BCUT2D eigenvalue weighted by molar-refractivity contribution is -0.228. The number of rotatable bonds is 2. The summed E-state index contributed by atoms with van der Waals surface area (Å²) in [5, 5.41) is 10.9. The number of alkyl halides is 1. The Kier molecular flexibility index (Phi) is 5.44. The lowest BCUT2D eigenvalue weighted by Gasteiger charge is -2.72. The molecule has 5 saturated carbocycles. The molecule has 0 bridgehead atoms. The molecule has 0 radical (unpaired) electrons. The fourth-order valence-electron chi connectivity index (χ4n) is 11.0. The molecule has 11 atom stereocenters. The first-order valence-corrected chi connectivity index (χ1v) is 14.4. The van der Waals surface area contributed by atoms with Gasteiger partial charge in [-0.25, -0.2) is 0 Å². The van der Waals surface area contributed by atoms with Crippen LogP contribution in [0.3, 0.4) is 0 Å². The first-order chi connectivity index (χ1) is 14.9. The summed E-state index contributed by atoms with van der Waals surface area (Å²) in [6.45, 7) is 16.8. The molecule has 0 saturated heterocycles. The SMILES string of the molecule is C=C(C)[C@@H]1CCC2(C=O)CC[C@]3(C)C(CCC4[C@@]5(C)CC[C@H](O)[C@@](C)(I)C5CC[C@]43C)C12. The average Bonchev–Trinajstić information content (AvgIpc) is 3.12. The second kappa shape index (κ2) is 7.31. The lowest BCUT2D eigenvalue weighted by atomic mass is 9.33. The number of aliphatic hydroxyl groups excluding tert-OH is 1. The highest BCUT2D eigenvalue weighted by Gasteiger charge is 2.71. The number of aldehydes is 1. The van der Waals surface area contributed by atoms with Crippen LogP contribution in [0.2, 0.25) is 0 Å². The standard InChI is InChI=1S/C29H45IO2/c1-18(2)19-9-14-29(17-31)16-15-26(4)20(24(19)29)7-8-21-25(3)12-11-23(32)28(6,30)22(25)10-13-27(21,26)5/h17,19-24,32H,1,7-16H2,2-6H3/t19-,20?,21?,22?,23-,24?,25+,26+,27+,28-,29?/m0/s1. The molecular formula is C29H45IO2. The molecule has 32 heavy (non-hydrogen) atoms. The summed E-state index contributed by atoms with van der Waals surface area (Å²) in [5.41, 5.74) is 2.17. The van der Waals surface area contributed by atoms with E-state index in [1.54, 1.807) is 0 Å². The number of hydrogen-bond donors (Lipinski definition) is 1. The summed E-state index contributed by atoms with van der Waals surface area (Å²) in [7, 11) is 0. The summed E-state index contributed by atoms with van der Waals surface area (Å²) < 4.78 is -0.0143. The number of fused-ring (bicyclic) bond motifs is 7. The van der Waals surface area contributed by atoms with E-state index in [9.17, 15) is 9.90 Å². The van der Waals surface area contributed by atoms with E-state index in [-0.39, 0.29) is 14.9 Å². The first kappa shape index (κ1) is 23.8. The quantitative estimate of drug-likeness (QED) is 0.168. The maximum atomic E-state index is 12.6. The average molecular weight is 553 g/mol. The largest absolute Gasteiger partial charge is 0.392 e. The van der Waals surface area contributed by atoms with E-state index in [1.165, 1.54) is 50.4 Å². The minimum absolute atomic E-state index is 0.0143. The van der Waals surface area contributed by atoms with Crippen LogP contribution in [0.1, 0.15) is 98.8 Å². The van der Waals surface area contributed by atoms with Crippen LogP contribution in [-0.4, -0.2) is 20.9 Å². The smallest absolute Gasteiger partial charge is 0.126 e. The van der Waals surface area contributed by atoms with E-state index in [2.05, 4.69) is 63.8 Å². The number of halogens is 1. The normalized spacial score (nSPS) is 59.3. The van der Waals surface area contributed by atoms with Crippen molar-refractivity contribution in [1.29, 1.82) is 0 Å². The van der Waals surface area contributed by atoms with Gasteiger partial charge in [-0.3, -0.25) is 0 Å². The summed E-state index contributed by atoms with van der Waals surface area (Å²) in [6.07, 6.45) is 13.0. The molecule has 0 aromatic rings. The number of carbonyl (C=O) groups is 1. The summed E-state index contributed by atoms with van der Waals surface area (Å²) in [6, 6.07) is 0. The Hall–Kier alpha value is 0.1000. The van der Waals surface area contributed by atoms with Crippen LogP contribution in [0.25, 0.3) is 0 Å². The lowest BCUT2D eigenvalue weighted by Crippen LogP contribution is -2.67. The minimum atomic E-state index is -0.171. The zero-order valence-electron chi connectivity index (χ0n) is 21.1. The summed E-state index contributed by atoms with van der Waals surface area (Å²) in [5.74, 6) is 3.00. The third kappa shape index (κ3) is 2.76. The van der Waals surface area contributed by atoms with Gasteiger partial charge in [-0.15, -0.1) is 0 Å². The van der Waals surface area contributed by atoms with Crippen LogP contribution in [-0.2, 0) is 4.79 Å². The fraction of sp³-hybridized carbons (Fsp3) is 0.897. The molecule has 0 spiro atoms. The van der Waals surface area contributed by atoms with Gasteiger partial charge in [0.25, 0.3) is 0 Å². The molecule has 5 fully saturated rings. The Labute approximate surface area is 209 Å². The molecule has 0 aromatic carbocycles. The van der Waals surface area contributed by atoms with Crippen molar-refractivity contribution in [3.8, 4) is 0 Å². The van der Waals surface area contributed by atoms with Crippen molar-refractivity contribution in [2.75, 3.05) is 0 Å². The molecule has 5 aliphatic rings. The molecule has 1 N–H and O–H groups in total. The molecule has 180 valence electrons. The molecule has 0 aliphatic heterocycles. The molecule has 0 heterocycles. The van der Waals surface area contributed by atoms with Crippen LogP contribution in [0, 0.1) is 51.2 Å². The Morgan fingerprint density at radius 3 is 2.28 bits per heavy atom. The molecule has 5 aliphatic carbocycles. The molecule has 2 nitrogen and oxygen atoms in total. The first-order valence-electron chi connectivity index (χ1n) is 13.4. The highest BCUT2D eigenvalue weighted by molar-refractivity contribution is 14.1. The van der Waals surface area contributed by atoms with Crippen molar-refractivity contribution in [3.05, 3.63) is 12.2 Å². The van der Waals surface area contributed by atoms with Crippen molar-refractivity contribution in [2.45, 2.75) is 108 Å². The van der Waals surface area contributed by atoms with Gasteiger partial charge in [-0.2, -0.15) is 0 Å². The monoisotopic (exact) mass is 552 g/mol. The highest BCUT2D eigenvalue weighted by Crippen LogP contribution is 2.77. The maximum Gasteiger partial charge on any atom is 0.126 e. The summed E-state index contributed by atoms with van der Waals surface area (Å²) >= 11 is 2.61. The van der Waals surface area contributed by atoms with Crippen LogP contribution in [0.5, 0.6) is 0 Å². The van der Waals surface area contributed by atoms with Gasteiger partial charge in [0.2, 0.25) is 0 Å². The number of aliphatic hydroxyl groups is 1. The third-order valence-electron chi connectivity index (χ3n) is 12.9. The maximum absolute atomic E-state index is 12.6. The molecule has 0 aromatic heterocycles. The van der Waals surface area contributed by atoms with Gasteiger partial charge in [0.15, 0.2) is 0 Å². The fourth-order valence-corrected chi connectivity index (χ4v) is 12.3. The second-order valence-corrected chi connectivity index (χ2v) is 16.1. The molecule has 5 rings (SSSR count). The third-order valence-corrected chi connectivity index (χ3v) is 14.4. The van der Waals surface area contributed by atoms with Gasteiger partial charge in [-0.1, -0.05) is 55.5 Å². The summed E-state index contributed by atoms with van der Waals surface area (Å²) in [4.78, 5) is 12.6. The Morgan fingerprint density at radius 2 is 1.62 bits per heavy atom. The molecule has 0 amide bonds. The van der Waals surface area contributed by atoms with Crippen LogP contribution < -0.4 is 0 Å². The van der Waals surface area contributed by atoms with Crippen molar-refractivity contribution in [2.24, 2.45) is 51.2 Å². The van der Waals surface area contributed by atoms with E-state index in [0.717, 1.165) is 31.6 Å². The van der Waals surface area contributed by atoms with Gasteiger partial charge in [0, 0.05) is 8.84 Å². The topological polar surface area (TPSA) is 37.3 Å². The number of hydrogen-bond acceptors (Lipinski definition) is 2. The van der Waals surface area contributed by atoms with E-state index >= 15 is 0 Å². The van der Waals surface area contributed by atoms with E-state index in [1.807, 2.05) is 0 Å². The van der Waals surface area contributed by atoms with Crippen molar-refractivity contribution in [3.63, 3.8) is 0 Å². The van der Waals surface area contributed by atoms with Gasteiger partial charge in [0.1, 0.15) is 6.29 Å². The van der Waals surface area contributed by atoms with Crippen LogP contribution in [0.4, 0.5) is 0 Å². The van der Waals surface area contributed by atoms with Crippen LogP contribution >= 0.6 is 22.6 Å². The van der Waals surface area contributed by atoms with E-state index < -0.39 is 0 Å². The van der Waals surface area contributed by atoms with E-state index in [0.29, 0.717) is 39.9 Å². The molecule has 5 unspecified atom stereocenters. The van der Waals surface area contributed by atoms with Gasteiger partial charge < -0.3 is 9.90 Å². The van der Waals surface area contributed by atoms with Crippen molar-refractivity contribution < 1.29 is 9.90 Å². The van der Waals surface area contributed by atoms with Gasteiger partial charge in [0.05, 0.1) is 6.10 Å². The van der Waals surface area contributed by atoms with Crippen LogP contribution in [0.15, 0.2) is 12.2 Å². The van der Waals surface area contributed by atoms with Gasteiger partial charge in [-0.05, 0) is 124 Å². The van der Waals surface area contributed by atoms with Crippen molar-refractivity contribution in [1.82, 2.24) is 0 Å². The zero-order chi connectivity index (χ0) is 23.3. The molecule has 3 heteroatoms. The number of allylic oxidation sites excluding steroid dienone is 1. The van der Waals surface area contributed by atoms with E-state index in [4.69, 9.17) is 0 Å². The zero-order valence-corrected chi connectivity index (χ0v) is 23.2.